The van der Waals surface area contributed by atoms with E-state index in [1.165, 1.54) is 37.8 Å². The fourth-order valence-electron chi connectivity index (χ4n) is 3.18. The molecule has 0 aromatic heterocycles. The summed E-state index contributed by atoms with van der Waals surface area (Å²) in [5.74, 6) is 0.967. The first-order valence-electron chi connectivity index (χ1n) is 8.06. The minimum atomic E-state index is 0.360. The SMILES string of the molecule is CC(c1ccc(Cl)cc1Cl)N1CCC(NCC2CC2)CC1. The summed E-state index contributed by atoms with van der Waals surface area (Å²) in [6, 6.07) is 6.91. The third-order valence-electron chi connectivity index (χ3n) is 4.88. The molecule has 1 aromatic carbocycles. The van der Waals surface area contributed by atoms with E-state index in [1.807, 2.05) is 12.1 Å². The molecule has 1 aliphatic carbocycles. The van der Waals surface area contributed by atoms with Crippen LogP contribution in [0.1, 0.15) is 44.2 Å². The Morgan fingerprint density at radius 3 is 2.52 bits per heavy atom. The number of nitrogens with zero attached hydrogens (tertiary/aromatic N) is 1. The first-order valence-corrected chi connectivity index (χ1v) is 8.81. The van der Waals surface area contributed by atoms with Crippen LogP contribution in [0.2, 0.25) is 10.0 Å². The number of likely N-dealkylation sites (tertiary alicyclic amines) is 1. The highest BCUT2D eigenvalue weighted by Gasteiger charge is 2.26. The van der Waals surface area contributed by atoms with Gasteiger partial charge in [-0.3, -0.25) is 4.90 Å². The van der Waals surface area contributed by atoms with Crippen LogP contribution in [0, 0.1) is 5.92 Å². The Balaban J connectivity index is 1.52. The zero-order valence-corrected chi connectivity index (χ0v) is 14.1. The van der Waals surface area contributed by atoms with Crippen LogP contribution >= 0.6 is 23.2 Å². The second kappa shape index (κ2) is 6.87. The lowest BCUT2D eigenvalue weighted by atomic mass is 10.00. The number of nitrogens with one attached hydrogen (secondary N) is 1. The lowest BCUT2D eigenvalue weighted by molar-refractivity contribution is 0.152. The summed E-state index contributed by atoms with van der Waals surface area (Å²) in [6.07, 6.45) is 5.33. The number of halogens is 2. The van der Waals surface area contributed by atoms with Crippen molar-refractivity contribution in [3.63, 3.8) is 0 Å². The maximum absolute atomic E-state index is 6.34. The van der Waals surface area contributed by atoms with Gasteiger partial charge in [0, 0.05) is 35.2 Å². The zero-order chi connectivity index (χ0) is 14.8. The predicted octanol–water partition coefficient (Wildman–Crippen LogP) is 4.52. The van der Waals surface area contributed by atoms with Gasteiger partial charge in [-0.25, -0.2) is 0 Å². The van der Waals surface area contributed by atoms with E-state index in [2.05, 4.69) is 23.2 Å². The molecule has 1 atom stereocenters. The molecule has 3 rings (SSSR count). The van der Waals surface area contributed by atoms with Gasteiger partial charge < -0.3 is 5.32 Å². The zero-order valence-electron chi connectivity index (χ0n) is 12.6. The third kappa shape index (κ3) is 4.13. The van der Waals surface area contributed by atoms with E-state index in [1.54, 1.807) is 0 Å². The molecule has 0 radical (unpaired) electrons. The summed E-state index contributed by atoms with van der Waals surface area (Å²) in [4.78, 5) is 2.53. The molecular formula is C17H24Cl2N2. The van der Waals surface area contributed by atoms with Crippen molar-refractivity contribution in [2.45, 2.75) is 44.7 Å². The summed E-state index contributed by atoms with van der Waals surface area (Å²) in [5.41, 5.74) is 1.19. The number of hydrogen-bond donors (Lipinski definition) is 1. The first kappa shape index (κ1) is 15.6. The number of hydrogen-bond acceptors (Lipinski definition) is 2. The van der Waals surface area contributed by atoms with Crippen molar-refractivity contribution in [1.29, 1.82) is 0 Å². The van der Waals surface area contributed by atoms with E-state index in [0.717, 1.165) is 24.0 Å². The van der Waals surface area contributed by atoms with E-state index in [9.17, 15) is 0 Å². The van der Waals surface area contributed by atoms with Gasteiger partial charge >= 0.3 is 0 Å². The molecule has 21 heavy (non-hydrogen) atoms. The second-order valence-electron chi connectivity index (χ2n) is 6.50. The van der Waals surface area contributed by atoms with Crippen LogP contribution in [0.15, 0.2) is 18.2 Å². The standard InChI is InChI=1S/C17H24Cl2N2/c1-12(16-5-4-14(18)10-17(16)19)21-8-6-15(7-9-21)20-11-13-2-3-13/h4-5,10,12-13,15,20H,2-3,6-9,11H2,1H3. The minimum absolute atomic E-state index is 0.360. The molecule has 2 nitrogen and oxygen atoms in total. The van der Waals surface area contributed by atoms with Crippen LogP contribution in [0.25, 0.3) is 0 Å². The van der Waals surface area contributed by atoms with E-state index >= 15 is 0 Å². The maximum atomic E-state index is 6.34. The molecule has 1 unspecified atom stereocenters. The van der Waals surface area contributed by atoms with Gasteiger partial charge in [0.15, 0.2) is 0 Å². The summed E-state index contributed by atoms with van der Waals surface area (Å²) >= 11 is 12.3. The molecule has 4 heteroatoms. The van der Waals surface area contributed by atoms with Crippen molar-refractivity contribution in [3.05, 3.63) is 33.8 Å². The van der Waals surface area contributed by atoms with Crippen molar-refractivity contribution in [2.75, 3.05) is 19.6 Å². The van der Waals surface area contributed by atoms with E-state index in [4.69, 9.17) is 23.2 Å². The van der Waals surface area contributed by atoms with E-state index in [0.29, 0.717) is 17.1 Å². The van der Waals surface area contributed by atoms with Crippen LogP contribution in [0.5, 0.6) is 0 Å². The Morgan fingerprint density at radius 1 is 1.19 bits per heavy atom. The molecule has 0 spiro atoms. The van der Waals surface area contributed by atoms with Gasteiger partial charge in [0.25, 0.3) is 0 Å². The van der Waals surface area contributed by atoms with E-state index < -0.39 is 0 Å². The third-order valence-corrected chi connectivity index (χ3v) is 5.44. The van der Waals surface area contributed by atoms with Gasteiger partial charge in [-0.05, 0) is 62.8 Å². The Morgan fingerprint density at radius 2 is 1.90 bits per heavy atom. The Labute approximate surface area is 137 Å². The Hall–Kier alpha value is -0.280. The van der Waals surface area contributed by atoms with Gasteiger partial charge in [-0.2, -0.15) is 0 Å². The lowest BCUT2D eigenvalue weighted by Crippen LogP contribution is -2.43. The minimum Gasteiger partial charge on any atom is -0.314 e. The predicted molar refractivity (Wildman–Crippen MR) is 90.2 cm³/mol. The van der Waals surface area contributed by atoms with Crippen LogP contribution in [0.4, 0.5) is 0 Å². The van der Waals surface area contributed by atoms with Gasteiger partial charge in [0.1, 0.15) is 0 Å². The maximum Gasteiger partial charge on any atom is 0.0468 e. The molecule has 1 aromatic rings. The average Bonchev–Trinajstić information content (AvgIpc) is 3.29. The van der Waals surface area contributed by atoms with Crippen molar-refractivity contribution in [3.8, 4) is 0 Å². The molecule has 1 aliphatic heterocycles. The van der Waals surface area contributed by atoms with Crippen LogP contribution in [-0.4, -0.2) is 30.6 Å². The van der Waals surface area contributed by atoms with Gasteiger partial charge in [0.05, 0.1) is 0 Å². The summed E-state index contributed by atoms with van der Waals surface area (Å²) < 4.78 is 0. The summed E-state index contributed by atoms with van der Waals surface area (Å²) in [7, 11) is 0. The number of piperidine rings is 1. The topological polar surface area (TPSA) is 15.3 Å². The highest BCUT2D eigenvalue weighted by molar-refractivity contribution is 6.35. The molecule has 116 valence electrons. The van der Waals surface area contributed by atoms with Crippen LogP contribution in [0.3, 0.4) is 0 Å². The van der Waals surface area contributed by atoms with Gasteiger partial charge in [0.2, 0.25) is 0 Å². The van der Waals surface area contributed by atoms with Crippen molar-refractivity contribution >= 4 is 23.2 Å². The molecule has 1 saturated heterocycles. The van der Waals surface area contributed by atoms with Crippen LogP contribution in [-0.2, 0) is 0 Å². The lowest BCUT2D eigenvalue weighted by Gasteiger charge is -2.37. The summed E-state index contributed by atoms with van der Waals surface area (Å²) in [6.45, 7) is 5.75. The largest absolute Gasteiger partial charge is 0.314 e. The smallest absolute Gasteiger partial charge is 0.0468 e. The highest BCUT2D eigenvalue weighted by Crippen LogP contribution is 2.32. The molecule has 1 saturated carbocycles. The summed E-state index contributed by atoms with van der Waals surface area (Å²) in [5, 5.41) is 5.22. The molecule has 2 aliphatic rings. The monoisotopic (exact) mass is 326 g/mol. The first-order chi connectivity index (χ1) is 10.1. The fraction of sp³-hybridized carbons (Fsp3) is 0.647. The van der Waals surface area contributed by atoms with Crippen LogP contribution < -0.4 is 5.32 Å². The normalized spacial score (nSPS) is 22.4. The van der Waals surface area contributed by atoms with E-state index in [-0.39, 0.29) is 0 Å². The van der Waals surface area contributed by atoms with Crippen molar-refractivity contribution in [1.82, 2.24) is 10.2 Å². The molecule has 2 fully saturated rings. The molecule has 0 amide bonds. The van der Waals surface area contributed by atoms with Gasteiger partial charge in [-0.15, -0.1) is 0 Å². The number of benzene rings is 1. The van der Waals surface area contributed by atoms with Crippen molar-refractivity contribution in [2.24, 2.45) is 5.92 Å². The quantitative estimate of drug-likeness (QED) is 0.855. The molecule has 1 N–H and O–H groups in total. The second-order valence-corrected chi connectivity index (χ2v) is 7.35. The number of rotatable bonds is 5. The average molecular weight is 327 g/mol. The highest BCUT2D eigenvalue weighted by atomic mass is 35.5. The molecular weight excluding hydrogens is 303 g/mol. The van der Waals surface area contributed by atoms with Crippen molar-refractivity contribution < 1.29 is 0 Å². The fourth-order valence-corrected chi connectivity index (χ4v) is 3.75. The Kier molecular flexibility index (Phi) is 5.11. The van der Waals surface area contributed by atoms with Gasteiger partial charge in [-0.1, -0.05) is 29.3 Å². The molecule has 0 bridgehead atoms. The molecule has 1 heterocycles. The Bertz CT molecular complexity index is 480.